The van der Waals surface area contributed by atoms with Gasteiger partial charge in [-0.1, -0.05) is 11.8 Å². The number of nitrogens with zero attached hydrogens (tertiary/aromatic N) is 1. The maximum absolute atomic E-state index is 5.53. The second-order valence-electron chi connectivity index (χ2n) is 1.75. The summed E-state index contributed by atoms with van der Waals surface area (Å²) in [6.45, 7) is 1.93. The fourth-order valence-electron chi connectivity index (χ4n) is 0.553. The molecule has 0 aliphatic carbocycles. The fraction of sp³-hybridized carbons (Fsp3) is 0.200. The first-order valence-corrected chi connectivity index (χ1v) is 3.44. The Morgan fingerprint density at radius 1 is 1.78 bits per heavy atom. The third-order valence-corrected chi connectivity index (χ3v) is 2.14. The Morgan fingerprint density at radius 2 is 2.44 bits per heavy atom. The molecule has 1 heterocycles. The Balaban J connectivity index is 2.73. The zero-order valence-electron chi connectivity index (χ0n) is 5.16. The van der Waals surface area contributed by atoms with Gasteiger partial charge in [-0.3, -0.25) is 5.01 Å². The molecule has 1 rings (SSSR count). The zero-order chi connectivity index (χ0) is 6.85. The van der Waals surface area contributed by atoms with Gasteiger partial charge in [0.1, 0.15) is 5.03 Å². The molecule has 1 aliphatic rings. The molecule has 0 aromatic carbocycles. The van der Waals surface area contributed by atoms with Crippen LogP contribution in [0.2, 0.25) is 0 Å². The highest BCUT2D eigenvalue weighted by Crippen LogP contribution is 2.29. The van der Waals surface area contributed by atoms with Gasteiger partial charge >= 0.3 is 0 Å². The van der Waals surface area contributed by atoms with E-state index in [1.54, 1.807) is 5.01 Å². The van der Waals surface area contributed by atoms with E-state index in [2.05, 4.69) is 0 Å². The zero-order valence-corrected chi connectivity index (χ0v) is 5.98. The van der Waals surface area contributed by atoms with Crippen molar-refractivity contribution in [1.82, 2.24) is 5.01 Å². The lowest BCUT2D eigenvalue weighted by molar-refractivity contribution is 0.489. The van der Waals surface area contributed by atoms with Crippen molar-refractivity contribution in [1.29, 1.82) is 0 Å². The quantitative estimate of drug-likeness (QED) is 0.486. The second kappa shape index (κ2) is 2.33. The van der Waals surface area contributed by atoms with Crippen LogP contribution in [0.4, 0.5) is 0 Å². The molecule has 3 nitrogen and oxygen atoms in total. The summed E-state index contributed by atoms with van der Waals surface area (Å²) in [5, 5.41) is 4.40. The first kappa shape index (κ1) is 6.51. The molecule has 4 heteroatoms. The number of nitrogens with two attached hydrogens (primary N) is 2. The summed E-state index contributed by atoms with van der Waals surface area (Å²) in [6.07, 6.45) is 1.50. The minimum Gasteiger partial charge on any atom is -0.402 e. The monoisotopic (exact) mass is 143 g/mol. The Labute approximate surface area is 58.3 Å². The molecule has 0 bridgehead atoms. The maximum atomic E-state index is 5.53. The molecule has 0 aromatic rings. The molecule has 0 atom stereocenters. The predicted molar refractivity (Wildman–Crippen MR) is 39.6 cm³/mol. The summed E-state index contributed by atoms with van der Waals surface area (Å²) in [5.74, 6) is 5.53. The summed E-state index contributed by atoms with van der Waals surface area (Å²) in [4.78, 5) is 0. The van der Waals surface area contributed by atoms with Gasteiger partial charge < -0.3 is 5.73 Å². The molecule has 0 aromatic heterocycles. The van der Waals surface area contributed by atoms with Crippen molar-refractivity contribution in [3.8, 4) is 0 Å². The van der Waals surface area contributed by atoms with Crippen LogP contribution in [0.1, 0.15) is 6.92 Å². The molecule has 0 fully saturated rings. The minimum absolute atomic E-state index is 0.882. The first-order chi connectivity index (χ1) is 4.25. The summed E-state index contributed by atoms with van der Waals surface area (Å²) in [5.41, 5.74) is 6.27. The molecular formula is C5H9N3S. The molecule has 50 valence electrons. The predicted octanol–water partition coefficient (Wildman–Crippen LogP) is 0.528. The number of hydrogen-bond acceptors (Lipinski definition) is 4. The first-order valence-electron chi connectivity index (χ1n) is 2.56. The van der Waals surface area contributed by atoms with Crippen LogP contribution in [0.15, 0.2) is 22.3 Å². The second-order valence-corrected chi connectivity index (χ2v) is 2.64. The van der Waals surface area contributed by atoms with E-state index in [0.717, 1.165) is 10.7 Å². The van der Waals surface area contributed by atoms with Crippen molar-refractivity contribution in [2.45, 2.75) is 6.92 Å². The van der Waals surface area contributed by atoms with Crippen LogP contribution < -0.4 is 11.6 Å². The lowest BCUT2D eigenvalue weighted by Gasteiger charge is -2.12. The van der Waals surface area contributed by atoms with Crippen LogP contribution >= 0.6 is 11.8 Å². The van der Waals surface area contributed by atoms with Crippen LogP contribution in [0.3, 0.4) is 0 Å². The van der Waals surface area contributed by atoms with E-state index >= 15 is 0 Å². The Kier molecular flexibility index (Phi) is 1.68. The number of rotatable bonds is 0. The van der Waals surface area contributed by atoms with Crippen LogP contribution in [-0.4, -0.2) is 5.01 Å². The molecule has 4 N–H and O–H groups in total. The number of hydrogen-bond donors (Lipinski definition) is 2. The maximum Gasteiger partial charge on any atom is 0.110 e. The van der Waals surface area contributed by atoms with Gasteiger partial charge in [-0.25, -0.2) is 5.84 Å². The fourth-order valence-corrected chi connectivity index (χ4v) is 1.29. The molecule has 0 amide bonds. The van der Waals surface area contributed by atoms with Crippen molar-refractivity contribution in [2.75, 3.05) is 0 Å². The standard InChI is InChI=1S/C5H9N3S/c1-4-3-9-5(2-6)8(4)7/h2-3H,6-7H2,1H3/b5-2-. The number of hydrazine groups is 1. The van der Waals surface area contributed by atoms with Crippen LogP contribution in [0.5, 0.6) is 0 Å². The average Bonchev–Trinajstić information content (AvgIpc) is 2.15. The molecule has 0 saturated carbocycles. The largest absolute Gasteiger partial charge is 0.402 e. The lowest BCUT2D eigenvalue weighted by atomic mass is 10.5. The van der Waals surface area contributed by atoms with E-state index in [1.165, 1.54) is 18.0 Å². The Hall–Kier alpha value is -0.610. The van der Waals surface area contributed by atoms with E-state index in [-0.39, 0.29) is 0 Å². The molecule has 0 spiro atoms. The van der Waals surface area contributed by atoms with E-state index < -0.39 is 0 Å². The molecular weight excluding hydrogens is 134 g/mol. The van der Waals surface area contributed by atoms with Gasteiger partial charge in [0.15, 0.2) is 0 Å². The topological polar surface area (TPSA) is 55.3 Å². The summed E-state index contributed by atoms with van der Waals surface area (Å²) >= 11 is 1.53. The van der Waals surface area contributed by atoms with Crippen molar-refractivity contribution in [2.24, 2.45) is 11.6 Å². The van der Waals surface area contributed by atoms with Crippen molar-refractivity contribution in [3.63, 3.8) is 0 Å². The Bertz CT molecular complexity index is 173. The third-order valence-electron chi connectivity index (χ3n) is 1.11. The van der Waals surface area contributed by atoms with E-state index in [1.807, 2.05) is 12.3 Å². The SMILES string of the molecule is CC1=CS/C(=C\N)N1N. The normalized spacial score (nSPS) is 23.1. The van der Waals surface area contributed by atoms with E-state index in [4.69, 9.17) is 11.6 Å². The van der Waals surface area contributed by atoms with Gasteiger partial charge in [-0.15, -0.1) is 0 Å². The molecule has 0 unspecified atom stereocenters. The van der Waals surface area contributed by atoms with Crippen molar-refractivity contribution < 1.29 is 0 Å². The van der Waals surface area contributed by atoms with E-state index in [0.29, 0.717) is 0 Å². The summed E-state index contributed by atoms with van der Waals surface area (Å²) in [6, 6.07) is 0. The Morgan fingerprint density at radius 3 is 2.67 bits per heavy atom. The lowest BCUT2D eigenvalue weighted by Crippen LogP contribution is -2.24. The average molecular weight is 143 g/mol. The van der Waals surface area contributed by atoms with Crippen molar-refractivity contribution in [3.05, 3.63) is 22.3 Å². The van der Waals surface area contributed by atoms with E-state index in [9.17, 15) is 0 Å². The van der Waals surface area contributed by atoms with Crippen molar-refractivity contribution >= 4 is 11.8 Å². The van der Waals surface area contributed by atoms with Crippen LogP contribution in [0, 0.1) is 0 Å². The number of thioether (sulfide) groups is 1. The van der Waals surface area contributed by atoms with Crippen LogP contribution in [-0.2, 0) is 0 Å². The molecule has 0 radical (unpaired) electrons. The van der Waals surface area contributed by atoms with Gasteiger partial charge in [0.05, 0.1) is 0 Å². The van der Waals surface area contributed by atoms with Crippen LogP contribution in [0.25, 0.3) is 0 Å². The molecule has 9 heavy (non-hydrogen) atoms. The van der Waals surface area contributed by atoms with Gasteiger partial charge in [0.25, 0.3) is 0 Å². The summed E-state index contributed by atoms with van der Waals surface area (Å²) in [7, 11) is 0. The smallest absolute Gasteiger partial charge is 0.110 e. The highest BCUT2D eigenvalue weighted by molar-refractivity contribution is 8.06. The van der Waals surface area contributed by atoms with Gasteiger partial charge in [-0.2, -0.15) is 0 Å². The molecule has 1 aliphatic heterocycles. The summed E-state index contributed by atoms with van der Waals surface area (Å²) < 4.78 is 0. The highest BCUT2D eigenvalue weighted by atomic mass is 32.2. The van der Waals surface area contributed by atoms with Gasteiger partial charge in [0, 0.05) is 11.9 Å². The number of allylic oxidation sites excluding steroid dienone is 1. The molecule has 0 saturated heterocycles. The minimum atomic E-state index is 0.882. The van der Waals surface area contributed by atoms with Gasteiger partial charge in [0.2, 0.25) is 0 Å². The van der Waals surface area contributed by atoms with Gasteiger partial charge in [-0.05, 0) is 12.3 Å². The third kappa shape index (κ3) is 1.04. The highest BCUT2D eigenvalue weighted by Gasteiger charge is 2.12.